The first-order valence-electron chi connectivity index (χ1n) is 11.5. The summed E-state index contributed by atoms with van der Waals surface area (Å²) in [5, 5.41) is 2.89. The van der Waals surface area contributed by atoms with E-state index in [9.17, 15) is 22.4 Å². The van der Waals surface area contributed by atoms with Gasteiger partial charge in [-0.05, 0) is 57.0 Å². The molecule has 2 amide bonds. The molecule has 0 saturated carbocycles. The number of hydrogen-bond donors (Lipinski definition) is 1. The van der Waals surface area contributed by atoms with Crippen LogP contribution >= 0.6 is 0 Å². The van der Waals surface area contributed by atoms with Crippen molar-refractivity contribution < 1.29 is 31.9 Å². The summed E-state index contributed by atoms with van der Waals surface area (Å²) in [5.41, 5.74) is 0.283. The Hall–Kier alpha value is -3.34. The van der Waals surface area contributed by atoms with Crippen molar-refractivity contribution in [2.24, 2.45) is 0 Å². The quantitative estimate of drug-likeness (QED) is 0.544. The molecule has 0 fully saturated rings. The minimum atomic E-state index is -3.88. The van der Waals surface area contributed by atoms with Crippen LogP contribution in [0.1, 0.15) is 39.7 Å². The number of fused-ring (bicyclic) bond motifs is 1. The summed E-state index contributed by atoms with van der Waals surface area (Å²) < 4.78 is 50.5. The smallest absolute Gasteiger partial charge is 0.244 e. The molecule has 0 saturated heterocycles. The summed E-state index contributed by atoms with van der Waals surface area (Å²) in [6, 6.07) is 9.29. The zero-order valence-electron chi connectivity index (χ0n) is 21.1. The molecule has 0 spiro atoms. The molecule has 2 aromatic rings. The van der Waals surface area contributed by atoms with E-state index in [1.807, 2.05) is 20.8 Å². The molecule has 196 valence electrons. The van der Waals surface area contributed by atoms with Crippen LogP contribution in [-0.2, 0) is 26.2 Å². The first-order chi connectivity index (χ1) is 16.8. The van der Waals surface area contributed by atoms with Gasteiger partial charge in [-0.15, -0.1) is 0 Å². The Kier molecular flexibility index (Phi) is 8.12. The number of ether oxygens (including phenoxy) is 2. The molecule has 11 heteroatoms. The molecule has 2 aromatic carbocycles. The first kappa shape index (κ1) is 27.3. The van der Waals surface area contributed by atoms with Gasteiger partial charge in [-0.2, -0.15) is 0 Å². The molecule has 0 unspecified atom stereocenters. The second-order valence-electron chi connectivity index (χ2n) is 9.62. The Morgan fingerprint density at radius 2 is 1.72 bits per heavy atom. The summed E-state index contributed by atoms with van der Waals surface area (Å²) >= 11 is 0. The second kappa shape index (κ2) is 10.7. The minimum Gasteiger partial charge on any atom is -0.454 e. The number of sulfonamides is 1. The maximum absolute atomic E-state index is 13.7. The lowest BCUT2D eigenvalue weighted by molar-refractivity contribution is -0.141. The highest BCUT2D eigenvalue weighted by Gasteiger charge is 2.33. The number of nitrogens with zero attached hydrogens (tertiary/aromatic N) is 2. The molecule has 36 heavy (non-hydrogen) atoms. The Bertz CT molecular complexity index is 1210. The van der Waals surface area contributed by atoms with Crippen LogP contribution in [0, 0.1) is 5.82 Å². The molecule has 0 bridgehead atoms. The number of amides is 2. The van der Waals surface area contributed by atoms with Gasteiger partial charge >= 0.3 is 0 Å². The Morgan fingerprint density at radius 3 is 2.31 bits per heavy atom. The molecule has 0 radical (unpaired) electrons. The van der Waals surface area contributed by atoms with Crippen molar-refractivity contribution in [2.75, 3.05) is 23.9 Å². The third-order valence-corrected chi connectivity index (χ3v) is 6.61. The number of rotatable bonds is 9. The molecule has 1 atom stereocenters. The van der Waals surface area contributed by atoms with Crippen molar-refractivity contribution in [1.29, 1.82) is 0 Å². The average molecular weight is 522 g/mol. The van der Waals surface area contributed by atoms with Crippen LogP contribution in [0.3, 0.4) is 0 Å². The maximum atomic E-state index is 13.7. The number of anilines is 1. The van der Waals surface area contributed by atoms with Crippen molar-refractivity contribution in [1.82, 2.24) is 10.2 Å². The highest BCUT2D eigenvalue weighted by molar-refractivity contribution is 7.92. The fraction of sp³-hybridized carbons (Fsp3) is 0.440. The summed E-state index contributed by atoms with van der Waals surface area (Å²) in [4.78, 5) is 28.1. The maximum Gasteiger partial charge on any atom is 0.244 e. The van der Waals surface area contributed by atoms with Crippen molar-refractivity contribution in [3.63, 3.8) is 0 Å². The van der Waals surface area contributed by atoms with Crippen molar-refractivity contribution in [3.05, 3.63) is 53.8 Å². The number of nitrogens with one attached hydrogen (secondary N) is 1. The lowest BCUT2D eigenvalue weighted by Gasteiger charge is -2.34. The standard InChI is InChI=1S/C25H32FN3O6S/c1-6-20(24(31)27-25(2,3)4)28(14-17-7-9-18(26)10-8-17)23(30)15-29(36(5,32)33)19-11-12-21-22(13-19)35-16-34-21/h7-13,20H,6,14-16H2,1-5H3,(H,27,31)/t20-/m0/s1. The van der Waals surface area contributed by atoms with Crippen LogP contribution < -0.4 is 19.1 Å². The van der Waals surface area contributed by atoms with Crippen molar-refractivity contribution in [3.8, 4) is 11.5 Å². The number of carbonyl (C=O) groups excluding carboxylic acids is 2. The number of benzene rings is 2. The predicted molar refractivity (Wildman–Crippen MR) is 134 cm³/mol. The van der Waals surface area contributed by atoms with Gasteiger partial charge in [0.2, 0.25) is 28.6 Å². The highest BCUT2D eigenvalue weighted by Crippen LogP contribution is 2.36. The molecule has 1 aliphatic rings. The topological polar surface area (TPSA) is 105 Å². The van der Waals surface area contributed by atoms with E-state index in [0.717, 1.165) is 10.6 Å². The Balaban J connectivity index is 1.95. The average Bonchev–Trinajstić information content (AvgIpc) is 3.24. The zero-order valence-corrected chi connectivity index (χ0v) is 21.9. The van der Waals surface area contributed by atoms with Gasteiger partial charge in [0, 0.05) is 18.2 Å². The van der Waals surface area contributed by atoms with E-state index in [1.54, 1.807) is 13.0 Å². The van der Waals surface area contributed by atoms with E-state index in [0.29, 0.717) is 17.1 Å². The van der Waals surface area contributed by atoms with Crippen molar-refractivity contribution in [2.45, 2.75) is 52.2 Å². The molecule has 1 N–H and O–H groups in total. The van der Waals surface area contributed by atoms with Crippen LogP contribution in [-0.4, -0.2) is 56.3 Å². The van der Waals surface area contributed by atoms with Gasteiger partial charge < -0.3 is 19.7 Å². The van der Waals surface area contributed by atoms with E-state index in [4.69, 9.17) is 9.47 Å². The lowest BCUT2D eigenvalue weighted by atomic mass is 10.1. The van der Waals surface area contributed by atoms with Crippen LogP contribution in [0.4, 0.5) is 10.1 Å². The number of halogens is 1. The molecular formula is C25H32FN3O6S. The summed E-state index contributed by atoms with van der Waals surface area (Å²) in [6.07, 6.45) is 1.29. The van der Waals surface area contributed by atoms with Crippen LogP contribution in [0.15, 0.2) is 42.5 Å². The SMILES string of the molecule is CC[C@@H](C(=O)NC(C)(C)C)N(Cc1ccc(F)cc1)C(=O)CN(c1ccc2c(c1)OCO2)S(C)(=O)=O. The zero-order chi connectivity index (χ0) is 26.7. The Morgan fingerprint density at radius 1 is 1.08 bits per heavy atom. The lowest BCUT2D eigenvalue weighted by Crippen LogP contribution is -2.55. The van der Waals surface area contributed by atoms with Gasteiger partial charge in [0.25, 0.3) is 0 Å². The van der Waals surface area contributed by atoms with Gasteiger partial charge in [0.15, 0.2) is 11.5 Å². The molecule has 9 nitrogen and oxygen atoms in total. The van der Waals surface area contributed by atoms with Gasteiger partial charge in [0.05, 0.1) is 11.9 Å². The van der Waals surface area contributed by atoms with E-state index >= 15 is 0 Å². The van der Waals surface area contributed by atoms with Crippen LogP contribution in [0.5, 0.6) is 11.5 Å². The van der Waals surface area contributed by atoms with Crippen LogP contribution in [0.25, 0.3) is 0 Å². The van der Waals surface area contributed by atoms with E-state index in [1.165, 1.54) is 41.3 Å². The molecule has 0 aliphatic carbocycles. The molecule has 0 aromatic heterocycles. The fourth-order valence-corrected chi connectivity index (χ4v) is 4.65. The molecule has 1 heterocycles. The van der Waals surface area contributed by atoms with Crippen LogP contribution in [0.2, 0.25) is 0 Å². The molecule has 3 rings (SSSR count). The van der Waals surface area contributed by atoms with E-state index in [2.05, 4.69) is 5.32 Å². The highest BCUT2D eigenvalue weighted by atomic mass is 32.2. The summed E-state index contributed by atoms with van der Waals surface area (Å²) in [7, 11) is -3.88. The summed E-state index contributed by atoms with van der Waals surface area (Å²) in [5.74, 6) is -0.540. The number of carbonyl (C=O) groups is 2. The Labute approximate surface area is 211 Å². The van der Waals surface area contributed by atoms with Gasteiger partial charge in [-0.25, -0.2) is 12.8 Å². The third-order valence-electron chi connectivity index (χ3n) is 5.47. The molecular weight excluding hydrogens is 489 g/mol. The largest absolute Gasteiger partial charge is 0.454 e. The van der Waals surface area contributed by atoms with Gasteiger partial charge in [-0.3, -0.25) is 13.9 Å². The first-order valence-corrected chi connectivity index (χ1v) is 13.4. The van der Waals surface area contributed by atoms with E-state index < -0.39 is 39.9 Å². The summed E-state index contributed by atoms with van der Waals surface area (Å²) in [6.45, 7) is 6.72. The van der Waals surface area contributed by atoms with Gasteiger partial charge in [-0.1, -0.05) is 19.1 Å². The normalized spacial score (nSPS) is 13.7. The second-order valence-corrected chi connectivity index (χ2v) is 11.5. The third kappa shape index (κ3) is 6.87. The monoisotopic (exact) mass is 521 g/mol. The number of hydrogen-bond acceptors (Lipinski definition) is 6. The fourth-order valence-electron chi connectivity index (χ4n) is 3.81. The molecule has 1 aliphatic heterocycles. The van der Waals surface area contributed by atoms with E-state index in [-0.39, 0.29) is 31.4 Å². The minimum absolute atomic E-state index is 0.00603. The van der Waals surface area contributed by atoms with Gasteiger partial charge in [0.1, 0.15) is 18.4 Å². The predicted octanol–water partition coefficient (Wildman–Crippen LogP) is 3.04. The van der Waals surface area contributed by atoms with Crippen molar-refractivity contribution >= 4 is 27.5 Å².